The van der Waals surface area contributed by atoms with E-state index in [1.165, 1.54) is 0 Å². The van der Waals surface area contributed by atoms with Crippen LogP contribution < -0.4 is 16.0 Å². The van der Waals surface area contributed by atoms with E-state index in [-0.39, 0.29) is 12.1 Å². The second kappa shape index (κ2) is 9.48. The van der Waals surface area contributed by atoms with Gasteiger partial charge in [0.25, 0.3) is 0 Å². The second-order valence-corrected chi connectivity index (χ2v) is 8.69. The van der Waals surface area contributed by atoms with Gasteiger partial charge in [-0.25, -0.2) is 4.79 Å². The Morgan fingerprint density at radius 2 is 2.03 bits per heavy atom. The van der Waals surface area contributed by atoms with Crippen LogP contribution in [0.25, 0.3) is 0 Å². The van der Waals surface area contributed by atoms with Crippen LogP contribution in [0, 0.1) is 0 Å². The lowest BCUT2D eigenvalue weighted by molar-refractivity contribution is 0.0505. The highest BCUT2D eigenvalue weighted by atomic mass is 16.6. The zero-order valence-electron chi connectivity index (χ0n) is 17.9. The lowest BCUT2D eigenvalue weighted by Crippen LogP contribution is -2.47. The molecule has 0 saturated carbocycles. The Labute approximate surface area is 173 Å². The lowest BCUT2D eigenvalue weighted by Gasteiger charge is -2.25. The molecule has 7 nitrogen and oxygen atoms in total. The monoisotopic (exact) mass is 402 g/mol. The zero-order chi connectivity index (χ0) is 20.9. The summed E-state index contributed by atoms with van der Waals surface area (Å²) in [5.41, 5.74) is 0.438. The predicted octanol–water partition coefficient (Wildman–Crippen LogP) is 3.13. The van der Waals surface area contributed by atoms with E-state index in [4.69, 9.17) is 14.5 Å². The number of carbonyl (C=O) groups excluding carboxylic acids is 1. The summed E-state index contributed by atoms with van der Waals surface area (Å²) in [6.45, 7) is 8.78. The van der Waals surface area contributed by atoms with Crippen LogP contribution in [0.15, 0.2) is 35.3 Å². The maximum atomic E-state index is 12.3. The predicted molar refractivity (Wildman–Crippen MR) is 114 cm³/mol. The van der Waals surface area contributed by atoms with Gasteiger partial charge in [0.05, 0.1) is 30.8 Å². The average molecular weight is 403 g/mol. The molecule has 3 N–H and O–H groups in total. The highest BCUT2D eigenvalue weighted by Crippen LogP contribution is 2.34. The van der Waals surface area contributed by atoms with Crippen molar-refractivity contribution in [1.82, 2.24) is 16.0 Å². The summed E-state index contributed by atoms with van der Waals surface area (Å²) in [4.78, 5) is 17.1. The Balaban J connectivity index is 1.68. The fourth-order valence-corrected chi connectivity index (χ4v) is 3.84. The number of guanidine groups is 1. The Hall–Kier alpha value is -2.28. The summed E-state index contributed by atoms with van der Waals surface area (Å²) in [5.74, 6) is 0.751. The van der Waals surface area contributed by atoms with Gasteiger partial charge in [0.1, 0.15) is 5.60 Å². The summed E-state index contributed by atoms with van der Waals surface area (Å²) < 4.78 is 11.4. The van der Waals surface area contributed by atoms with E-state index in [2.05, 4.69) is 16.0 Å². The van der Waals surface area contributed by atoms with Crippen molar-refractivity contribution in [3.05, 3.63) is 35.9 Å². The molecule has 29 heavy (non-hydrogen) atoms. The Morgan fingerprint density at radius 3 is 2.62 bits per heavy atom. The standard InChI is InChI=1S/C22H34N4O3/c1-5-23-20(25-17-13-16-11-12-19(17)28-16)24-14-18(15-9-7-6-8-10-15)26-21(27)29-22(2,3)4/h6-10,16-19H,5,11-14H2,1-4H3,(H,26,27)(H2,23,24,25). The third-order valence-corrected chi connectivity index (χ3v) is 5.10. The third kappa shape index (κ3) is 6.35. The molecule has 0 spiro atoms. The smallest absolute Gasteiger partial charge is 0.408 e. The molecule has 2 aliphatic heterocycles. The number of amides is 1. The van der Waals surface area contributed by atoms with Gasteiger partial charge in [0, 0.05) is 6.54 Å². The summed E-state index contributed by atoms with van der Waals surface area (Å²) >= 11 is 0. The molecule has 0 aliphatic carbocycles. The van der Waals surface area contributed by atoms with Gasteiger partial charge in [-0.2, -0.15) is 0 Å². The number of aliphatic imine (C=N–C) groups is 1. The number of hydrogen-bond acceptors (Lipinski definition) is 4. The van der Waals surface area contributed by atoms with Gasteiger partial charge in [-0.1, -0.05) is 30.3 Å². The van der Waals surface area contributed by atoms with Crippen molar-refractivity contribution in [2.75, 3.05) is 13.1 Å². The van der Waals surface area contributed by atoms with Crippen molar-refractivity contribution in [2.24, 2.45) is 4.99 Å². The number of ether oxygens (including phenoxy) is 2. The first-order chi connectivity index (χ1) is 13.8. The minimum Gasteiger partial charge on any atom is -0.444 e. The molecule has 0 aromatic heterocycles. The van der Waals surface area contributed by atoms with Crippen LogP contribution in [0.5, 0.6) is 0 Å². The van der Waals surface area contributed by atoms with Crippen molar-refractivity contribution >= 4 is 12.1 Å². The number of rotatable bonds is 6. The van der Waals surface area contributed by atoms with E-state index in [0.717, 1.165) is 37.3 Å². The van der Waals surface area contributed by atoms with Crippen molar-refractivity contribution in [2.45, 2.75) is 76.9 Å². The van der Waals surface area contributed by atoms with Crippen LogP contribution >= 0.6 is 0 Å². The average Bonchev–Trinajstić information content (AvgIpc) is 3.27. The zero-order valence-corrected chi connectivity index (χ0v) is 17.9. The number of benzene rings is 1. The van der Waals surface area contributed by atoms with Crippen LogP contribution in [0.1, 0.15) is 58.6 Å². The molecule has 0 radical (unpaired) electrons. The highest BCUT2D eigenvalue weighted by molar-refractivity contribution is 5.80. The van der Waals surface area contributed by atoms with Crippen LogP contribution in [0.4, 0.5) is 4.79 Å². The molecule has 1 amide bonds. The van der Waals surface area contributed by atoms with Gasteiger partial charge in [0.2, 0.25) is 0 Å². The largest absolute Gasteiger partial charge is 0.444 e. The first-order valence-electron chi connectivity index (χ1n) is 10.6. The fraction of sp³-hybridized carbons (Fsp3) is 0.636. The van der Waals surface area contributed by atoms with Crippen molar-refractivity contribution in [3.8, 4) is 0 Å². The molecule has 1 aromatic rings. The third-order valence-electron chi connectivity index (χ3n) is 5.10. The molecule has 3 rings (SSSR count). The summed E-state index contributed by atoms with van der Waals surface area (Å²) in [5, 5.41) is 9.78. The molecule has 160 valence electrons. The van der Waals surface area contributed by atoms with E-state index in [1.807, 2.05) is 58.0 Å². The van der Waals surface area contributed by atoms with Crippen LogP contribution in [-0.2, 0) is 9.47 Å². The summed E-state index contributed by atoms with van der Waals surface area (Å²) in [6, 6.07) is 9.86. The molecule has 2 fully saturated rings. The second-order valence-electron chi connectivity index (χ2n) is 8.69. The van der Waals surface area contributed by atoms with E-state index in [0.29, 0.717) is 18.7 Å². The molecule has 4 unspecified atom stereocenters. The molecule has 4 atom stereocenters. The van der Waals surface area contributed by atoms with Gasteiger partial charge in [0.15, 0.2) is 5.96 Å². The topological polar surface area (TPSA) is 84.0 Å². The molecule has 7 heteroatoms. The van der Waals surface area contributed by atoms with E-state index >= 15 is 0 Å². The molecular weight excluding hydrogens is 368 g/mol. The minimum atomic E-state index is -0.549. The van der Waals surface area contributed by atoms with Crippen molar-refractivity contribution in [1.29, 1.82) is 0 Å². The number of hydrogen-bond donors (Lipinski definition) is 3. The van der Waals surface area contributed by atoms with Gasteiger partial charge in [-0.15, -0.1) is 0 Å². The Kier molecular flexibility index (Phi) is 7.00. The lowest BCUT2D eigenvalue weighted by atomic mass is 9.96. The number of nitrogens with one attached hydrogen (secondary N) is 3. The Morgan fingerprint density at radius 1 is 1.28 bits per heavy atom. The van der Waals surface area contributed by atoms with Gasteiger partial charge < -0.3 is 25.4 Å². The number of alkyl carbamates (subject to hydrolysis) is 1. The minimum absolute atomic E-state index is 0.272. The quantitative estimate of drug-likeness (QED) is 0.503. The van der Waals surface area contributed by atoms with Crippen LogP contribution in [0.2, 0.25) is 0 Å². The first-order valence-corrected chi connectivity index (χ1v) is 10.6. The maximum Gasteiger partial charge on any atom is 0.408 e. The van der Waals surface area contributed by atoms with Gasteiger partial charge >= 0.3 is 6.09 Å². The molecule has 2 saturated heterocycles. The van der Waals surface area contributed by atoms with Gasteiger partial charge in [-0.3, -0.25) is 4.99 Å². The SMILES string of the molecule is CCNC(=NCC(NC(=O)OC(C)(C)C)c1ccccc1)NC1CC2CCC1O2. The Bertz CT molecular complexity index is 702. The molecule has 2 aliphatic rings. The van der Waals surface area contributed by atoms with Crippen LogP contribution in [-0.4, -0.2) is 49.0 Å². The van der Waals surface area contributed by atoms with E-state index < -0.39 is 11.7 Å². The molecule has 2 bridgehead atoms. The molecule has 2 heterocycles. The van der Waals surface area contributed by atoms with E-state index in [9.17, 15) is 4.79 Å². The molecule has 1 aromatic carbocycles. The van der Waals surface area contributed by atoms with Crippen molar-refractivity contribution < 1.29 is 14.3 Å². The summed E-state index contributed by atoms with van der Waals surface area (Å²) in [7, 11) is 0. The normalized spacial score (nSPS) is 24.8. The van der Waals surface area contributed by atoms with Crippen LogP contribution in [0.3, 0.4) is 0 Å². The first kappa shape index (κ1) is 21.4. The van der Waals surface area contributed by atoms with Gasteiger partial charge in [-0.05, 0) is 52.5 Å². The number of carbonyl (C=O) groups is 1. The van der Waals surface area contributed by atoms with E-state index in [1.54, 1.807) is 0 Å². The summed E-state index contributed by atoms with van der Waals surface area (Å²) in [6.07, 6.45) is 3.50. The highest BCUT2D eigenvalue weighted by Gasteiger charge is 2.41. The van der Waals surface area contributed by atoms with Crippen molar-refractivity contribution in [3.63, 3.8) is 0 Å². The number of nitrogens with zero attached hydrogens (tertiary/aromatic N) is 1. The maximum absolute atomic E-state index is 12.3. The molecular formula is C22H34N4O3. The fourth-order valence-electron chi connectivity index (χ4n) is 3.84. The number of fused-ring (bicyclic) bond motifs is 2.